The van der Waals surface area contributed by atoms with Crippen molar-refractivity contribution in [2.45, 2.75) is 66.0 Å². The molecule has 1 aromatic rings. The highest BCUT2D eigenvalue weighted by Gasteiger charge is 2.23. The Morgan fingerprint density at radius 2 is 1.69 bits per heavy atom. The number of benzene rings is 1. The van der Waals surface area contributed by atoms with Crippen LogP contribution in [0.4, 0.5) is 15.3 Å². The summed E-state index contributed by atoms with van der Waals surface area (Å²) in [6, 6.07) is 6.97. The highest BCUT2D eigenvalue weighted by Crippen LogP contribution is 2.16. The molecular weight excluding hydrogens is 432 g/mol. The Morgan fingerprint density at radius 1 is 1.03 bits per heavy atom. The van der Waals surface area contributed by atoms with E-state index in [9.17, 15) is 19.2 Å². The van der Waals surface area contributed by atoms with E-state index in [4.69, 9.17) is 4.74 Å². The number of amides is 4. The van der Waals surface area contributed by atoms with E-state index >= 15 is 0 Å². The second kappa shape index (κ2) is 12.9. The molecule has 0 heterocycles. The molecule has 32 heavy (non-hydrogen) atoms. The molecule has 0 unspecified atom stereocenters. The molecule has 0 bridgehead atoms. The Bertz CT molecular complexity index is 808. The first kappa shape index (κ1) is 27.3. The predicted molar refractivity (Wildman–Crippen MR) is 126 cm³/mol. The van der Waals surface area contributed by atoms with Crippen LogP contribution in [0, 0.1) is 5.92 Å². The van der Waals surface area contributed by atoms with Gasteiger partial charge in [0.25, 0.3) is 5.24 Å². The Morgan fingerprint density at radius 3 is 2.28 bits per heavy atom. The number of thioether (sulfide) groups is 1. The second-order valence-electron chi connectivity index (χ2n) is 8.51. The third kappa shape index (κ3) is 11.0. The quantitative estimate of drug-likeness (QED) is 0.434. The molecule has 0 radical (unpaired) electrons. The minimum absolute atomic E-state index is 0.0342. The Kier molecular flexibility index (Phi) is 11.0. The molecule has 1 atom stereocenters. The summed E-state index contributed by atoms with van der Waals surface area (Å²) in [5, 5.41) is 4.88. The SMILES string of the molecule is CCc1ccccc1NC(=O)CSC(=O)NNC(=O)C[C@@H](NC(=O)OC(C)(C)C)C(C)C. The van der Waals surface area contributed by atoms with Crippen LogP contribution in [0.5, 0.6) is 0 Å². The number of ether oxygens (including phenoxy) is 1. The third-order valence-electron chi connectivity index (χ3n) is 4.22. The van der Waals surface area contributed by atoms with E-state index in [1.54, 1.807) is 26.8 Å². The summed E-state index contributed by atoms with van der Waals surface area (Å²) in [7, 11) is 0. The number of anilines is 1. The van der Waals surface area contributed by atoms with Crippen LogP contribution in [0.3, 0.4) is 0 Å². The Labute approximate surface area is 193 Å². The molecule has 10 heteroatoms. The van der Waals surface area contributed by atoms with Crippen LogP contribution >= 0.6 is 11.8 Å². The zero-order valence-corrected chi connectivity index (χ0v) is 20.4. The largest absolute Gasteiger partial charge is 0.444 e. The number of hydrogen-bond acceptors (Lipinski definition) is 6. The number of rotatable bonds is 8. The summed E-state index contributed by atoms with van der Waals surface area (Å²) in [4.78, 5) is 48.2. The first-order valence-electron chi connectivity index (χ1n) is 10.5. The average molecular weight is 467 g/mol. The number of nitrogens with one attached hydrogen (secondary N) is 4. The summed E-state index contributed by atoms with van der Waals surface area (Å²) < 4.78 is 5.22. The summed E-state index contributed by atoms with van der Waals surface area (Å²) in [6.45, 7) is 11.0. The molecule has 4 amide bonds. The molecule has 4 N–H and O–H groups in total. The third-order valence-corrected chi connectivity index (χ3v) is 4.99. The minimum Gasteiger partial charge on any atom is -0.444 e. The summed E-state index contributed by atoms with van der Waals surface area (Å²) in [5.74, 6) is -0.934. The monoisotopic (exact) mass is 466 g/mol. The van der Waals surface area contributed by atoms with Crippen LogP contribution in [-0.4, -0.2) is 40.5 Å². The van der Waals surface area contributed by atoms with Crippen molar-refractivity contribution < 1.29 is 23.9 Å². The van der Waals surface area contributed by atoms with Crippen LogP contribution in [0.2, 0.25) is 0 Å². The smallest absolute Gasteiger partial charge is 0.407 e. The van der Waals surface area contributed by atoms with Crippen molar-refractivity contribution in [3.8, 4) is 0 Å². The van der Waals surface area contributed by atoms with Crippen molar-refractivity contribution in [2.24, 2.45) is 5.92 Å². The summed E-state index contributed by atoms with van der Waals surface area (Å²) in [6.07, 6.45) is 0.117. The zero-order chi connectivity index (χ0) is 24.3. The average Bonchev–Trinajstić information content (AvgIpc) is 2.69. The Hall–Kier alpha value is -2.75. The summed E-state index contributed by atoms with van der Waals surface area (Å²) >= 11 is 0.735. The standard InChI is InChI=1S/C22H34N4O5S/c1-7-15-10-8-9-11-16(15)23-19(28)13-32-21(30)26-25-18(27)12-17(14(2)3)24-20(29)31-22(4,5)6/h8-11,14,17H,7,12-13H2,1-6H3,(H,23,28)(H,24,29)(H,25,27)(H,26,30)/t17-/m1/s1. The molecule has 0 aromatic heterocycles. The van der Waals surface area contributed by atoms with E-state index in [2.05, 4.69) is 21.5 Å². The van der Waals surface area contributed by atoms with Gasteiger partial charge in [0.2, 0.25) is 11.8 Å². The zero-order valence-electron chi connectivity index (χ0n) is 19.5. The van der Waals surface area contributed by atoms with E-state index in [-0.39, 0.29) is 24.0 Å². The first-order chi connectivity index (χ1) is 14.9. The van der Waals surface area contributed by atoms with Crippen molar-refractivity contribution >= 4 is 40.6 Å². The van der Waals surface area contributed by atoms with Crippen molar-refractivity contribution in [3.63, 3.8) is 0 Å². The van der Waals surface area contributed by atoms with Gasteiger partial charge in [-0.15, -0.1) is 0 Å². The lowest BCUT2D eigenvalue weighted by molar-refractivity contribution is -0.122. The van der Waals surface area contributed by atoms with Gasteiger partial charge in [0.05, 0.1) is 5.75 Å². The van der Waals surface area contributed by atoms with Crippen LogP contribution < -0.4 is 21.5 Å². The van der Waals surface area contributed by atoms with Gasteiger partial charge in [-0.2, -0.15) is 0 Å². The van der Waals surface area contributed by atoms with Gasteiger partial charge in [-0.1, -0.05) is 50.7 Å². The lowest BCUT2D eigenvalue weighted by Gasteiger charge is -2.25. The molecule has 0 saturated carbocycles. The fourth-order valence-electron chi connectivity index (χ4n) is 2.59. The van der Waals surface area contributed by atoms with Gasteiger partial charge in [-0.25, -0.2) is 4.79 Å². The van der Waals surface area contributed by atoms with Crippen molar-refractivity contribution in [3.05, 3.63) is 29.8 Å². The number of alkyl carbamates (subject to hydrolysis) is 1. The number of hydrazine groups is 1. The van der Waals surface area contributed by atoms with Gasteiger partial charge < -0.3 is 15.4 Å². The minimum atomic E-state index is -0.649. The van der Waals surface area contributed by atoms with Crippen LogP contribution in [0.25, 0.3) is 0 Å². The summed E-state index contributed by atoms with van der Waals surface area (Å²) in [5.41, 5.74) is 5.63. The van der Waals surface area contributed by atoms with Crippen molar-refractivity contribution in [2.75, 3.05) is 11.1 Å². The fourth-order valence-corrected chi connectivity index (χ4v) is 3.05. The number of aryl methyl sites for hydroxylation is 1. The first-order valence-corrected chi connectivity index (χ1v) is 11.5. The molecule has 1 aromatic carbocycles. The predicted octanol–water partition coefficient (Wildman–Crippen LogP) is 3.60. The van der Waals surface area contributed by atoms with E-state index in [1.807, 2.05) is 39.0 Å². The van der Waals surface area contributed by atoms with Gasteiger partial charge in [0.1, 0.15) is 5.60 Å². The molecule has 0 aliphatic carbocycles. The molecule has 0 aliphatic heterocycles. The van der Waals surface area contributed by atoms with Crippen LogP contribution in [0.15, 0.2) is 24.3 Å². The van der Waals surface area contributed by atoms with Gasteiger partial charge >= 0.3 is 6.09 Å². The van der Waals surface area contributed by atoms with Gasteiger partial charge in [-0.05, 0) is 44.7 Å². The van der Waals surface area contributed by atoms with E-state index in [0.29, 0.717) is 5.69 Å². The normalized spacial score (nSPS) is 12.0. The number of para-hydroxylation sites is 1. The molecule has 0 saturated heterocycles. The van der Waals surface area contributed by atoms with Crippen LogP contribution in [0.1, 0.15) is 53.5 Å². The van der Waals surface area contributed by atoms with Gasteiger partial charge in [0.15, 0.2) is 0 Å². The fraction of sp³-hybridized carbons (Fsp3) is 0.545. The molecular formula is C22H34N4O5S. The highest BCUT2D eigenvalue weighted by molar-refractivity contribution is 8.14. The van der Waals surface area contributed by atoms with E-state index < -0.39 is 28.9 Å². The van der Waals surface area contributed by atoms with Crippen molar-refractivity contribution in [1.82, 2.24) is 16.2 Å². The number of hydrogen-bond donors (Lipinski definition) is 4. The maximum absolute atomic E-state index is 12.2. The molecule has 0 fully saturated rings. The van der Waals surface area contributed by atoms with E-state index in [0.717, 1.165) is 23.7 Å². The number of carbonyl (C=O) groups is 4. The van der Waals surface area contributed by atoms with Gasteiger partial charge in [0, 0.05) is 18.2 Å². The topological polar surface area (TPSA) is 126 Å². The highest BCUT2D eigenvalue weighted by atomic mass is 32.2. The van der Waals surface area contributed by atoms with Crippen molar-refractivity contribution in [1.29, 1.82) is 0 Å². The lowest BCUT2D eigenvalue weighted by Crippen LogP contribution is -2.47. The number of carbonyl (C=O) groups excluding carboxylic acids is 4. The van der Waals surface area contributed by atoms with Gasteiger partial charge in [-0.3, -0.25) is 25.2 Å². The maximum atomic E-state index is 12.2. The second-order valence-corrected chi connectivity index (χ2v) is 9.46. The Balaban J connectivity index is 2.41. The van der Waals surface area contributed by atoms with Crippen LogP contribution in [-0.2, 0) is 20.7 Å². The molecule has 9 nitrogen and oxygen atoms in total. The molecule has 178 valence electrons. The molecule has 0 aliphatic rings. The lowest BCUT2D eigenvalue weighted by atomic mass is 10.0. The van der Waals surface area contributed by atoms with E-state index in [1.165, 1.54) is 0 Å². The molecule has 0 spiro atoms. The maximum Gasteiger partial charge on any atom is 0.407 e. The molecule has 1 rings (SSSR count).